The fraction of sp³-hybridized carbons (Fsp3) is 0.706. The van der Waals surface area contributed by atoms with E-state index >= 15 is 0 Å². The SMILES string of the molecule is CCCN(CC1CC1)c1ccc(Cl)c(CNC(C)(C)C)n1. The van der Waals surface area contributed by atoms with Crippen LogP contribution in [0.4, 0.5) is 5.82 Å². The van der Waals surface area contributed by atoms with Crippen LogP contribution in [0.1, 0.15) is 52.7 Å². The van der Waals surface area contributed by atoms with E-state index in [-0.39, 0.29) is 5.54 Å². The molecule has 2 rings (SSSR count). The highest BCUT2D eigenvalue weighted by molar-refractivity contribution is 6.31. The molecule has 0 aliphatic heterocycles. The van der Waals surface area contributed by atoms with Crippen LogP contribution >= 0.6 is 11.6 Å². The lowest BCUT2D eigenvalue weighted by molar-refractivity contribution is 0.421. The first kappa shape index (κ1) is 16.6. The summed E-state index contributed by atoms with van der Waals surface area (Å²) >= 11 is 6.30. The average molecular weight is 310 g/mol. The quantitative estimate of drug-likeness (QED) is 0.816. The van der Waals surface area contributed by atoms with E-state index in [2.05, 4.69) is 44.0 Å². The van der Waals surface area contributed by atoms with Gasteiger partial charge in [0.2, 0.25) is 0 Å². The van der Waals surface area contributed by atoms with Crippen molar-refractivity contribution in [3.8, 4) is 0 Å². The number of hydrogen-bond donors (Lipinski definition) is 1. The molecule has 118 valence electrons. The third-order valence-corrected chi connectivity index (χ3v) is 4.03. The van der Waals surface area contributed by atoms with Crippen LogP contribution in [0, 0.1) is 5.92 Å². The Morgan fingerprint density at radius 2 is 2.05 bits per heavy atom. The molecule has 1 aromatic rings. The Labute approximate surface area is 134 Å². The molecule has 1 aliphatic carbocycles. The summed E-state index contributed by atoms with van der Waals surface area (Å²) in [7, 11) is 0. The molecule has 0 spiro atoms. The molecule has 0 bridgehead atoms. The largest absolute Gasteiger partial charge is 0.356 e. The van der Waals surface area contributed by atoms with Crippen molar-refractivity contribution in [1.82, 2.24) is 10.3 Å². The molecular formula is C17H28ClN3. The van der Waals surface area contributed by atoms with E-state index in [1.54, 1.807) is 0 Å². The summed E-state index contributed by atoms with van der Waals surface area (Å²) in [5.74, 6) is 1.93. The third-order valence-electron chi connectivity index (χ3n) is 3.68. The van der Waals surface area contributed by atoms with E-state index < -0.39 is 0 Å². The van der Waals surface area contributed by atoms with Crippen LogP contribution in [-0.2, 0) is 6.54 Å². The minimum atomic E-state index is 0.0676. The molecule has 0 radical (unpaired) electrons. The first-order valence-corrected chi connectivity index (χ1v) is 8.42. The van der Waals surface area contributed by atoms with Gasteiger partial charge < -0.3 is 10.2 Å². The van der Waals surface area contributed by atoms with Gasteiger partial charge in [-0.05, 0) is 58.1 Å². The number of aromatic nitrogens is 1. The number of hydrogen-bond acceptors (Lipinski definition) is 3. The van der Waals surface area contributed by atoms with Crippen molar-refractivity contribution in [1.29, 1.82) is 0 Å². The number of pyridine rings is 1. The smallest absolute Gasteiger partial charge is 0.128 e. The van der Waals surface area contributed by atoms with E-state index in [9.17, 15) is 0 Å². The Kier molecular flexibility index (Phi) is 5.50. The molecule has 1 N–H and O–H groups in total. The zero-order valence-electron chi connectivity index (χ0n) is 13.7. The molecule has 3 nitrogen and oxygen atoms in total. The molecule has 0 aromatic carbocycles. The highest BCUT2D eigenvalue weighted by atomic mass is 35.5. The summed E-state index contributed by atoms with van der Waals surface area (Å²) in [6.45, 7) is 11.6. The molecule has 1 saturated carbocycles. The van der Waals surface area contributed by atoms with Gasteiger partial charge >= 0.3 is 0 Å². The monoisotopic (exact) mass is 309 g/mol. The van der Waals surface area contributed by atoms with Gasteiger partial charge in [0.25, 0.3) is 0 Å². The summed E-state index contributed by atoms with van der Waals surface area (Å²) in [5.41, 5.74) is 1.01. The number of halogens is 1. The van der Waals surface area contributed by atoms with Crippen LogP contribution in [0.5, 0.6) is 0 Å². The lowest BCUT2D eigenvalue weighted by Crippen LogP contribution is -2.35. The van der Waals surface area contributed by atoms with Crippen LogP contribution < -0.4 is 10.2 Å². The Bertz CT molecular complexity index is 464. The van der Waals surface area contributed by atoms with Crippen molar-refractivity contribution >= 4 is 17.4 Å². The minimum Gasteiger partial charge on any atom is -0.356 e. The Hall–Kier alpha value is -0.800. The summed E-state index contributed by atoms with van der Waals surface area (Å²) in [6.07, 6.45) is 3.88. The van der Waals surface area contributed by atoms with Gasteiger partial charge in [-0.1, -0.05) is 18.5 Å². The fourth-order valence-corrected chi connectivity index (χ4v) is 2.48. The first-order chi connectivity index (χ1) is 9.89. The second kappa shape index (κ2) is 6.97. The van der Waals surface area contributed by atoms with Crippen LogP contribution in [0.2, 0.25) is 5.02 Å². The van der Waals surface area contributed by atoms with E-state index in [1.165, 1.54) is 12.8 Å². The Morgan fingerprint density at radius 3 is 2.62 bits per heavy atom. The number of nitrogens with one attached hydrogen (secondary N) is 1. The van der Waals surface area contributed by atoms with E-state index in [0.29, 0.717) is 6.54 Å². The molecule has 21 heavy (non-hydrogen) atoms. The van der Waals surface area contributed by atoms with Crippen LogP contribution in [-0.4, -0.2) is 23.6 Å². The van der Waals surface area contributed by atoms with Gasteiger partial charge in [-0.15, -0.1) is 0 Å². The normalized spacial score (nSPS) is 15.3. The van der Waals surface area contributed by atoms with Crippen LogP contribution in [0.25, 0.3) is 0 Å². The van der Waals surface area contributed by atoms with Crippen molar-refractivity contribution in [3.63, 3.8) is 0 Å². The number of rotatable bonds is 7. The highest BCUT2D eigenvalue weighted by Crippen LogP contribution is 2.31. The molecule has 0 unspecified atom stereocenters. The van der Waals surface area contributed by atoms with Crippen LogP contribution in [0.15, 0.2) is 12.1 Å². The minimum absolute atomic E-state index is 0.0676. The summed E-state index contributed by atoms with van der Waals surface area (Å²) in [5, 5.41) is 4.21. The number of nitrogens with zero attached hydrogens (tertiary/aromatic N) is 2. The van der Waals surface area contributed by atoms with Gasteiger partial charge in [0.15, 0.2) is 0 Å². The van der Waals surface area contributed by atoms with Gasteiger partial charge in [-0.3, -0.25) is 0 Å². The van der Waals surface area contributed by atoms with E-state index in [4.69, 9.17) is 16.6 Å². The highest BCUT2D eigenvalue weighted by Gasteiger charge is 2.25. The van der Waals surface area contributed by atoms with Gasteiger partial charge in [0, 0.05) is 25.2 Å². The van der Waals surface area contributed by atoms with Gasteiger partial charge in [-0.25, -0.2) is 4.98 Å². The van der Waals surface area contributed by atoms with Crippen molar-refractivity contribution < 1.29 is 0 Å². The summed E-state index contributed by atoms with van der Waals surface area (Å²) in [6, 6.07) is 4.04. The Morgan fingerprint density at radius 1 is 1.33 bits per heavy atom. The van der Waals surface area contributed by atoms with Gasteiger partial charge in [-0.2, -0.15) is 0 Å². The van der Waals surface area contributed by atoms with Gasteiger partial charge in [0.1, 0.15) is 5.82 Å². The molecule has 1 fully saturated rings. The Balaban J connectivity index is 2.10. The van der Waals surface area contributed by atoms with E-state index in [1.807, 2.05) is 6.07 Å². The van der Waals surface area contributed by atoms with Crippen molar-refractivity contribution in [2.75, 3.05) is 18.0 Å². The van der Waals surface area contributed by atoms with E-state index in [0.717, 1.165) is 42.0 Å². The van der Waals surface area contributed by atoms with Gasteiger partial charge in [0.05, 0.1) is 10.7 Å². The molecule has 0 amide bonds. The first-order valence-electron chi connectivity index (χ1n) is 8.04. The third kappa shape index (κ3) is 5.48. The lowest BCUT2D eigenvalue weighted by Gasteiger charge is -2.25. The maximum atomic E-state index is 6.30. The predicted octanol–water partition coefficient (Wildman–Crippen LogP) is 4.25. The maximum absolute atomic E-state index is 6.30. The zero-order valence-corrected chi connectivity index (χ0v) is 14.5. The van der Waals surface area contributed by atoms with Crippen molar-refractivity contribution in [2.24, 2.45) is 5.92 Å². The van der Waals surface area contributed by atoms with Crippen LogP contribution in [0.3, 0.4) is 0 Å². The maximum Gasteiger partial charge on any atom is 0.128 e. The standard InChI is InChI=1S/C17H28ClN3/c1-5-10-21(12-13-6-7-13)16-9-8-14(18)15(20-16)11-19-17(2,3)4/h8-9,13,19H,5-7,10-12H2,1-4H3. The molecule has 4 heteroatoms. The topological polar surface area (TPSA) is 28.2 Å². The van der Waals surface area contributed by atoms with Crippen molar-refractivity contribution in [3.05, 3.63) is 22.8 Å². The number of anilines is 1. The summed E-state index contributed by atoms with van der Waals surface area (Å²) < 4.78 is 0. The lowest BCUT2D eigenvalue weighted by atomic mass is 10.1. The predicted molar refractivity (Wildman–Crippen MR) is 91.1 cm³/mol. The second-order valence-corrected chi connectivity index (χ2v) is 7.50. The molecule has 1 aliphatic rings. The molecule has 0 saturated heterocycles. The van der Waals surface area contributed by atoms with Crippen molar-refractivity contribution in [2.45, 2.75) is 59.0 Å². The fourth-order valence-electron chi connectivity index (χ4n) is 2.30. The molecule has 1 aromatic heterocycles. The zero-order chi connectivity index (χ0) is 15.5. The molecule has 1 heterocycles. The molecular weight excluding hydrogens is 282 g/mol. The average Bonchev–Trinajstić information content (AvgIpc) is 3.20. The summed E-state index contributed by atoms with van der Waals surface area (Å²) in [4.78, 5) is 7.22. The second-order valence-electron chi connectivity index (χ2n) is 7.09. The molecule has 0 atom stereocenters.